The molecule has 1 aromatic rings. The Hall–Kier alpha value is -1.39. The number of carbonyl (C=O) groups is 1. The lowest BCUT2D eigenvalue weighted by Crippen LogP contribution is -2.53. The monoisotopic (exact) mass is 233 g/mol. The summed E-state index contributed by atoms with van der Waals surface area (Å²) >= 11 is 0. The Bertz CT molecular complexity index is 372. The largest absolute Gasteiger partial charge is 0.366 e. The van der Waals surface area contributed by atoms with Crippen molar-refractivity contribution in [3.63, 3.8) is 0 Å². The second-order valence-corrected chi connectivity index (χ2v) is 4.21. The maximum Gasteiger partial charge on any atom is 0.216 e. The average molecular weight is 233 g/mol. The molecule has 91 valence electrons. The normalized spacial score (nSPS) is 24.3. The van der Waals surface area contributed by atoms with Crippen LogP contribution in [0.4, 0.5) is 0 Å². The predicted molar refractivity (Wildman–Crippen MR) is 64.5 cm³/mol. The highest BCUT2D eigenvalue weighted by Crippen LogP contribution is 2.25. The molecule has 1 saturated heterocycles. The van der Waals surface area contributed by atoms with E-state index in [4.69, 9.17) is 4.74 Å². The highest BCUT2D eigenvalue weighted by Gasteiger charge is 2.35. The van der Waals surface area contributed by atoms with Crippen molar-refractivity contribution in [1.29, 1.82) is 0 Å². The molecule has 0 saturated carbocycles. The highest BCUT2D eigenvalue weighted by atomic mass is 16.5. The number of benzene rings is 1. The van der Waals surface area contributed by atoms with Gasteiger partial charge in [0.25, 0.3) is 0 Å². The van der Waals surface area contributed by atoms with Gasteiger partial charge in [0.1, 0.15) is 5.60 Å². The van der Waals surface area contributed by atoms with Crippen molar-refractivity contribution in [2.75, 3.05) is 26.2 Å². The molecule has 2 rings (SSSR count). The van der Waals surface area contributed by atoms with Crippen LogP contribution in [-0.4, -0.2) is 32.1 Å². The zero-order valence-corrected chi connectivity index (χ0v) is 9.95. The van der Waals surface area contributed by atoms with Gasteiger partial charge in [-0.3, -0.25) is 4.79 Å². The van der Waals surface area contributed by atoms with Gasteiger partial charge >= 0.3 is 0 Å². The summed E-state index contributed by atoms with van der Waals surface area (Å²) in [7, 11) is 0. The Labute approximate surface area is 101 Å². The fourth-order valence-electron chi connectivity index (χ4n) is 1.99. The summed E-state index contributed by atoms with van der Waals surface area (Å²) in [6.07, 6.45) is 0. The maximum absolute atomic E-state index is 11.1. The molecular formula is C13H17N2O2. The van der Waals surface area contributed by atoms with Crippen molar-refractivity contribution in [2.24, 2.45) is 0 Å². The van der Waals surface area contributed by atoms with E-state index in [1.165, 1.54) is 6.92 Å². The van der Waals surface area contributed by atoms with Gasteiger partial charge in [-0.15, -0.1) is 0 Å². The van der Waals surface area contributed by atoms with Gasteiger partial charge in [-0.2, -0.15) is 0 Å². The van der Waals surface area contributed by atoms with E-state index in [2.05, 4.69) is 16.7 Å². The number of rotatable bonds is 3. The highest BCUT2D eigenvalue weighted by molar-refractivity contribution is 5.72. The Morgan fingerprint density at radius 3 is 3.12 bits per heavy atom. The van der Waals surface area contributed by atoms with Gasteiger partial charge < -0.3 is 15.4 Å². The standard InChI is InChI=1S/C13H17N2O2/c1-11(16)15-10-13(9-14-7-8-17-13)12-5-3-2-4-6-12/h2-5,14H,7-10H2,1H3,(H,15,16). The lowest BCUT2D eigenvalue weighted by Gasteiger charge is -2.38. The third-order valence-corrected chi connectivity index (χ3v) is 2.89. The number of amides is 1. The number of hydrogen-bond donors (Lipinski definition) is 2. The summed E-state index contributed by atoms with van der Waals surface area (Å²) in [6.45, 7) is 4.15. The average Bonchev–Trinajstić information content (AvgIpc) is 2.39. The molecule has 1 radical (unpaired) electrons. The van der Waals surface area contributed by atoms with Crippen LogP contribution in [0.15, 0.2) is 24.3 Å². The minimum atomic E-state index is -0.495. The van der Waals surface area contributed by atoms with Crippen LogP contribution in [0.1, 0.15) is 12.5 Å². The number of hydrogen-bond acceptors (Lipinski definition) is 3. The van der Waals surface area contributed by atoms with Crippen LogP contribution in [0.3, 0.4) is 0 Å². The van der Waals surface area contributed by atoms with Gasteiger partial charge in [-0.25, -0.2) is 0 Å². The van der Waals surface area contributed by atoms with Crippen LogP contribution in [-0.2, 0) is 15.1 Å². The molecule has 1 aliphatic rings. The third-order valence-electron chi connectivity index (χ3n) is 2.89. The summed E-state index contributed by atoms with van der Waals surface area (Å²) in [5.41, 5.74) is 0.478. The molecule has 0 aromatic heterocycles. The van der Waals surface area contributed by atoms with E-state index in [9.17, 15) is 4.79 Å². The molecule has 1 atom stereocenters. The number of morpholine rings is 1. The zero-order chi connectivity index (χ0) is 12.1. The molecule has 4 nitrogen and oxygen atoms in total. The number of nitrogens with one attached hydrogen (secondary N) is 2. The predicted octanol–water partition coefficient (Wildman–Crippen LogP) is 0.438. The topological polar surface area (TPSA) is 50.4 Å². The van der Waals surface area contributed by atoms with E-state index in [0.717, 1.165) is 12.1 Å². The van der Waals surface area contributed by atoms with Crippen molar-refractivity contribution in [3.05, 3.63) is 35.9 Å². The van der Waals surface area contributed by atoms with Crippen LogP contribution in [0.2, 0.25) is 0 Å². The number of ether oxygens (including phenoxy) is 1. The minimum absolute atomic E-state index is 0.0468. The molecule has 2 N–H and O–H groups in total. The van der Waals surface area contributed by atoms with Crippen LogP contribution in [0.5, 0.6) is 0 Å². The van der Waals surface area contributed by atoms with E-state index in [1.54, 1.807) is 0 Å². The molecule has 4 heteroatoms. The lowest BCUT2D eigenvalue weighted by molar-refractivity contribution is -0.122. The second kappa shape index (κ2) is 5.29. The van der Waals surface area contributed by atoms with Crippen LogP contribution in [0.25, 0.3) is 0 Å². The van der Waals surface area contributed by atoms with E-state index in [1.807, 2.05) is 24.3 Å². The second-order valence-electron chi connectivity index (χ2n) is 4.21. The van der Waals surface area contributed by atoms with Crippen LogP contribution < -0.4 is 10.6 Å². The molecule has 0 bridgehead atoms. The van der Waals surface area contributed by atoms with Crippen molar-refractivity contribution in [3.8, 4) is 0 Å². The fraction of sp³-hybridized carbons (Fsp3) is 0.462. The summed E-state index contributed by atoms with van der Waals surface area (Å²) in [5.74, 6) is -0.0468. The molecule has 0 aliphatic carbocycles. The van der Waals surface area contributed by atoms with E-state index in [-0.39, 0.29) is 5.91 Å². The first-order chi connectivity index (χ1) is 8.23. The molecule has 1 fully saturated rings. The van der Waals surface area contributed by atoms with E-state index < -0.39 is 5.60 Å². The first-order valence-electron chi connectivity index (χ1n) is 5.79. The molecule has 1 amide bonds. The fourth-order valence-corrected chi connectivity index (χ4v) is 1.99. The number of carbonyl (C=O) groups excluding carboxylic acids is 1. The Morgan fingerprint density at radius 1 is 1.65 bits per heavy atom. The molecule has 1 aliphatic heterocycles. The van der Waals surface area contributed by atoms with E-state index >= 15 is 0 Å². The van der Waals surface area contributed by atoms with Gasteiger partial charge in [-0.05, 0) is 11.6 Å². The first-order valence-corrected chi connectivity index (χ1v) is 5.79. The summed E-state index contributed by atoms with van der Waals surface area (Å²) in [6, 6.07) is 10.9. The van der Waals surface area contributed by atoms with Gasteiger partial charge in [0.15, 0.2) is 0 Å². The smallest absolute Gasteiger partial charge is 0.216 e. The van der Waals surface area contributed by atoms with Crippen LogP contribution >= 0.6 is 0 Å². The zero-order valence-electron chi connectivity index (χ0n) is 9.95. The molecule has 17 heavy (non-hydrogen) atoms. The molecule has 1 unspecified atom stereocenters. The van der Waals surface area contributed by atoms with Gasteiger partial charge in [0.05, 0.1) is 13.2 Å². The Kier molecular flexibility index (Phi) is 3.76. The maximum atomic E-state index is 11.1. The van der Waals surface area contributed by atoms with Gasteiger partial charge in [0, 0.05) is 20.0 Å². The first kappa shape index (κ1) is 12.1. The summed E-state index contributed by atoms with van der Waals surface area (Å²) in [5, 5.41) is 6.13. The molecule has 1 aromatic carbocycles. The van der Waals surface area contributed by atoms with E-state index in [0.29, 0.717) is 19.7 Å². The third kappa shape index (κ3) is 2.84. The lowest BCUT2D eigenvalue weighted by atomic mass is 9.92. The summed E-state index contributed by atoms with van der Waals surface area (Å²) < 4.78 is 5.89. The van der Waals surface area contributed by atoms with Crippen molar-refractivity contribution in [1.82, 2.24) is 10.6 Å². The van der Waals surface area contributed by atoms with Gasteiger partial charge in [-0.1, -0.05) is 24.3 Å². The molecule has 0 spiro atoms. The molecular weight excluding hydrogens is 216 g/mol. The quantitative estimate of drug-likeness (QED) is 0.796. The minimum Gasteiger partial charge on any atom is -0.366 e. The SMILES string of the molecule is CC(=O)NCC1(c2[c]cccc2)CNCCO1. The van der Waals surface area contributed by atoms with Crippen molar-refractivity contribution in [2.45, 2.75) is 12.5 Å². The van der Waals surface area contributed by atoms with Crippen LogP contribution in [0, 0.1) is 6.07 Å². The van der Waals surface area contributed by atoms with Gasteiger partial charge in [0.2, 0.25) is 5.91 Å². The molecule has 1 heterocycles. The Balaban J connectivity index is 2.20. The van der Waals surface area contributed by atoms with Crippen molar-refractivity contribution >= 4 is 5.91 Å². The Morgan fingerprint density at radius 2 is 2.53 bits per heavy atom. The summed E-state index contributed by atoms with van der Waals surface area (Å²) in [4.78, 5) is 11.1. The van der Waals surface area contributed by atoms with Crippen molar-refractivity contribution < 1.29 is 9.53 Å².